The Balaban J connectivity index is 2.31. The Bertz CT molecular complexity index is 265. The summed E-state index contributed by atoms with van der Waals surface area (Å²) in [5, 5.41) is 11.4. The van der Waals surface area contributed by atoms with Gasteiger partial charge in [0, 0.05) is 6.54 Å². The van der Waals surface area contributed by atoms with Crippen molar-refractivity contribution in [1.29, 1.82) is 0 Å². The number of nitrogens with zero attached hydrogens (tertiary/aromatic N) is 3. The van der Waals surface area contributed by atoms with Crippen LogP contribution in [-0.4, -0.2) is 21.3 Å². The summed E-state index contributed by atoms with van der Waals surface area (Å²) in [4.78, 5) is 0. The lowest BCUT2D eigenvalue weighted by atomic mass is 10.0. The van der Waals surface area contributed by atoms with E-state index in [9.17, 15) is 0 Å². The van der Waals surface area contributed by atoms with Crippen molar-refractivity contribution in [3.05, 3.63) is 12.2 Å². The van der Waals surface area contributed by atoms with Crippen molar-refractivity contribution < 1.29 is 0 Å². The molecule has 86 valence electrons. The summed E-state index contributed by atoms with van der Waals surface area (Å²) in [6, 6.07) is 0. The minimum absolute atomic E-state index is 0.781. The molecule has 1 heterocycles. The fourth-order valence-corrected chi connectivity index (χ4v) is 1.65. The Morgan fingerprint density at radius 1 is 1.33 bits per heavy atom. The van der Waals surface area contributed by atoms with Gasteiger partial charge in [0.1, 0.15) is 12.2 Å². The van der Waals surface area contributed by atoms with E-state index in [0.29, 0.717) is 0 Å². The summed E-state index contributed by atoms with van der Waals surface area (Å²) < 4.78 is 2.07. The Labute approximate surface area is 92.1 Å². The molecule has 0 atom stereocenters. The average Bonchev–Trinajstić information content (AvgIpc) is 2.72. The molecule has 15 heavy (non-hydrogen) atoms. The zero-order chi connectivity index (χ0) is 11.1. The van der Waals surface area contributed by atoms with Crippen molar-refractivity contribution in [3.63, 3.8) is 0 Å². The van der Waals surface area contributed by atoms with Gasteiger partial charge in [-0.3, -0.25) is 0 Å². The summed E-state index contributed by atoms with van der Waals surface area (Å²) in [5.74, 6) is 1.81. The molecule has 1 rings (SSSR count). The van der Waals surface area contributed by atoms with Crippen LogP contribution >= 0.6 is 0 Å². The summed E-state index contributed by atoms with van der Waals surface area (Å²) in [6.45, 7) is 9.42. The lowest BCUT2D eigenvalue weighted by Crippen LogP contribution is -2.23. The van der Waals surface area contributed by atoms with Gasteiger partial charge < -0.3 is 9.88 Å². The average molecular weight is 210 g/mol. The fraction of sp³-hybridized carbons (Fsp3) is 0.818. The highest BCUT2D eigenvalue weighted by atomic mass is 15.3. The second kappa shape index (κ2) is 6.56. The van der Waals surface area contributed by atoms with E-state index >= 15 is 0 Å². The molecule has 1 aromatic heterocycles. The molecule has 0 bridgehead atoms. The van der Waals surface area contributed by atoms with Crippen LogP contribution < -0.4 is 5.32 Å². The third kappa shape index (κ3) is 3.63. The molecule has 1 aromatic rings. The summed E-state index contributed by atoms with van der Waals surface area (Å²) in [5.41, 5.74) is 0. The first-order chi connectivity index (χ1) is 7.31. The van der Waals surface area contributed by atoms with E-state index in [0.717, 1.165) is 31.4 Å². The summed E-state index contributed by atoms with van der Waals surface area (Å²) in [7, 11) is 0. The zero-order valence-electron chi connectivity index (χ0n) is 10.0. The molecule has 0 aromatic carbocycles. The smallest absolute Gasteiger partial charge is 0.146 e. The largest absolute Gasteiger partial charge is 0.317 e. The van der Waals surface area contributed by atoms with Gasteiger partial charge in [0.25, 0.3) is 0 Å². The Kier molecular flexibility index (Phi) is 5.32. The van der Waals surface area contributed by atoms with Gasteiger partial charge in [0.15, 0.2) is 0 Å². The van der Waals surface area contributed by atoms with Crippen LogP contribution in [0.25, 0.3) is 0 Å². The molecule has 0 aliphatic carbocycles. The van der Waals surface area contributed by atoms with Crippen molar-refractivity contribution >= 4 is 0 Å². The van der Waals surface area contributed by atoms with Crippen LogP contribution in [-0.2, 0) is 13.1 Å². The number of aryl methyl sites for hydroxylation is 1. The van der Waals surface area contributed by atoms with Gasteiger partial charge in [-0.2, -0.15) is 0 Å². The van der Waals surface area contributed by atoms with Crippen LogP contribution in [0, 0.1) is 5.92 Å². The van der Waals surface area contributed by atoms with E-state index in [1.54, 1.807) is 6.33 Å². The first-order valence-electron chi connectivity index (χ1n) is 5.89. The molecule has 0 saturated carbocycles. The molecule has 4 heteroatoms. The minimum Gasteiger partial charge on any atom is -0.317 e. The Morgan fingerprint density at radius 3 is 2.67 bits per heavy atom. The van der Waals surface area contributed by atoms with E-state index in [1.807, 2.05) is 0 Å². The van der Waals surface area contributed by atoms with Crippen molar-refractivity contribution in [3.8, 4) is 0 Å². The minimum atomic E-state index is 0.781. The first-order valence-corrected chi connectivity index (χ1v) is 5.89. The molecule has 4 nitrogen and oxygen atoms in total. The van der Waals surface area contributed by atoms with Gasteiger partial charge in [0.05, 0.1) is 6.54 Å². The fourth-order valence-electron chi connectivity index (χ4n) is 1.65. The lowest BCUT2D eigenvalue weighted by Gasteiger charge is -2.12. The number of hydrogen-bond acceptors (Lipinski definition) is 3. The van der Waals surface area contributed by atoms with E-state index < -0.39 is 0 Å². The number of nitrogens with one attached hydrogen (secondary N) is 1. The first kappa shape index (κ1) is 12.2. The number of hydrogen-bond donors (Lipinski definition) is 1. The second-order valence-electron chi connectivity index (χ2n) is 3.85. The highest BCUT2D eigenvalue weighted by Crippen LogP contribution is 2.05. The van der Waals surface area contributed by atoms with Gasteiger partial charge in [-0.1, -0.05) is 26.7 Å². The molecule has 0 unspecified atom stereocenters. The predicted molar refractivity (Wildman–Crippen MR) is 61.5 cm³/mol. The van der Waals surface area contributed by atoms with Crippen LogP contribution in [0.1, 0.15) is 39.4 Å². The van der Waals surface area contributed by atoms with E-state index in [1.165, 1.54) is 12.8 Å². The molecule has 0 fully saturated rings. The predicted octanol–water partition coefficient (Wildman–Crippen LogP) is 1.82. The van der Waals surface area contributed by atoms with Crippen LogP contribution in [0.4, 0.5) is 0 Å². The van der Waals surface area contributed by atoms with E-state index in [4.69, 9.17) is 0 Å². The quantitative estimate of drug-likeness (QED) is 0.746. The maximum atomic E-state index is 4.09. The number of rotatable bonds is 7. The van der Waals surface area contributed by atoms with Gasteiger partial charge in [-0.15, -0.1) is 10.2 Å². The number of aromatic nitrogens is 3. The molecular weight excluding hydrogens is 188 g/mol. The molecule has 0 aliphatic heterocycles. The van der Waals surface area contributed by atoms with Crippen molar-refractivity contribution in [2.24, 2.45) is 5.92 Å². The monoisotopic (exact) mass is 210 g/mol. The second-order valence-corrected chi connectivity index (χ2v) is 3.85. The molecule has 0 aliphatic rings. The highest BCUT2D eigenvalue weighted by Gasteiger charge is 2.05. The maximum absolute atomic E-state index is 4.09. The topological polar surface area (TPSA) is 42.7 Å². The van der Waals surface area contributed by atoms with Crippen LogP contribution in [0.2, 0.25) is 0 Å². The maximum Gasteiger partial charge on any atom is 0.146 e. The van der Waals surface area contributed by atoms with Crippen molar-refractivity contribution in [2.75, 3.05) is 6.54 Å². The van der Waals surface area contributed by atoms with Gasteiger partial charge in [-0.25, -0.2) is 0 Å². The van der Waals surface area contributed by atoms with E-state index in [-0.39, 0.29) is 0 Å². The van der Waals surface area contributed by atoms with Crippen molar-refractivity contribution in [1.82, 2.24) is 20.1 Å². The van der Waals surface area contributed by atoms with Crippen LogP contribution in [0.5, 0.6) is 0 Å². The Morgan fingerprint density at radius 2 is 2.07 bits per heavy atom. The molecular formula is C11H22N4. The normalized spacial score (nSPS) is 11.2. The van der Waals surface area contributed by atoms with Gasteiger partial charge >= 0.3 is 0 Å². The van der Waals surface area contributed by atoms with E-state index in [2.05, 4.69) is 40.9 Å². The molecule has 0 saturated heterocycles. The zero-order valence-corrected chi connectivity index (χ0v) is 10.0. The third-order valence-corrected chi connectivity index (χ3v) is 2.91. The van der Waals surface area contributed by atoms with Gasteiger partial charge in [0.2, 0.25) is 0 Å². The summed E-state index contributed by atoms with van der Waals surface area (Å²) in [6.07, 6.45) is 4.27. The summed E-state index contributed by atoms with van der Waals surface area (Å²) >= 11 is 0. The molecule has 0 radical (unpaired) electrons. The molecule has 1 N–H and O–H groups in total. The highest BCUT2D eigenvalue weighted by molar-refractivity contribution is 4.84. The Hall–Kier alpha value is -0.900. The third-order valence-electron chi connectivity index (χ3n) is 2.91. The standard InChI is InChI=1S/C11H22N4/c1-4-10(5-2)7-12-8-11-14-13-9-15(11)6-3/h9-10,12H,4-8H2,1-3H3. The molecule has 0 spiro atoms. The van der Waals surface area contributed by atoms with Crippen LogP contribution in [0.15, 0.2) is 6.33 Å². The molecule has 0 amide bonds. The lowest BCUT2D eigenvalue weighted by molar-refractivity contribution is 0.442. The van der Waals surface area contributed by atoms with Gasteiger partial charge in [-0.05, 0) is 19.4 Å². The van der Waals surface area contributed by atoms with Crippen LogP contribution in [0.3, 0.4) is 0 Å². The SMILES string of the molecule is CCC(CC)CNCc1nncn1CC. The van der Waals surface area contributed by atoms with Crippen molar-refractivity contribution in [2.45, 2.75) is 46.7 Å².